The van der Waals surface area contributed by atoms with Gasteiger partial charge in [0.15, 0.2) is 0 Å². The van der Waals surface area contributed by atoms with Crippen LogP contribution in [0.2, 0.25) is 0 Å². The minimum atomic E-state index is -0.639. The van der Waals surface area contributed by atoms with Gasteiger partial charge in [-0.05, 0) is 19.3 Å². The second kappa shape index (κ2) is 22.0. The number of alkyl carbamates (subject to hydrolysis) is 1. The second-order valence-corrected chi connectivity index (χ2v) is 8.85. The van der Waals surface area contributed by atoms with E-state index in [1.165, 1.54) is 83.5 Å². The zero-order valence-corrected chi connectivity index (χ0v) is 21.0. The fourth-order valence-corrected chi connectivity index (χ4v) is 3.70. The van der Waals surface area contributed by atoms with Gasteiger partial charge in [-0.3, -0.25) is 0 Å². The molecule has 2 unspecified atom stereocenters. The van der Waals surface area contributed by atoms with Crippen molar-refractivity contribution in [3.63, 3.8) is 0 Å². The van der Waals surface area contributed by atoms with E-state index in [1.54, 1.807) is 6.92 Å². The van der Waals surface area contributed by atoms with Gasteiger partial charge < -0.3 is 14.8 Å². The number of unbranched alkanes of at least 4 members (excludes halogenated alkanes) is 14. The first-order valence-corrected chi connectivity index (χ1v) is 13.2. The minimum absolute atomic E-state index is 0.0120. The number of esters is 1. The zero-order chi connectivity index (χ0) is 23.2. The van der Waals surface area contributed by atoms with Crippen LogP contribution in [-0.2, 0) is 14.3 Å². The summed E-state index contributed by atoms with van der Waals surface area (Å²) in [5.41, 5.74) is 0. The second-order valence-electron chi connectivity index (χ2n) is 8.85. The SMILES string of the molecule is CCCCCCCCCCCCCCCCCOC(=O)C(NC(=O)OCC)C(C)CC. The first kappa shape index (κ1) is 29.7. The predicted molar refractivity (Wildman–Crippen MR) is 129 cm³/mol. The summed E-state index contributed by atoms with van der Waals surface area (Å²) in [5, 5.41) is 2.64. The molecule has 0 aromatic rings. The van der Waals surface area contributed by atoms with Crippen LogP contribution < -0.4 is 5.32 Å². The van der Waals surface area contributed by atoms with Crippen LogP contribution in [0.15, 0.2) is 0 Å². The molecule has 0 aliphatic carbocycles. The Hall–Kier alpha value is -1.26. The molecule has 1 N–H and O–H groups in total. The number of hydrogen-bond donors (Lipinski definition) is 1. The van der Waals surface area contributed by atoms with Gasteiger partial charge in [-0.25, -0.2) is 9.59 Å². The summed E-state index contributed by atoms with van der Waals surface area (Å²) >= 11 is 0. The number of hydrogen-bond acceptors (Lipinski definition) is 4. The van der Waals surface area contributed by atoms with E-state index < -0.39 is 12.1 Å². The van der Waals surface area contributed by atoms with Gasteiger partial charge in [0.1, 0.15) is 6.04 Å². The molecule has 2 atom stereocenters. The summed E-state index contributed by atoms with van der Waals surface area (Å²) in [6.45, 7) is 8.65. The molecule has 0 rings (SSSR count). The van der Waals surface area contributed by atoms with E-state index >= 15 is 0 Å². The van der Waals surface area contributed by atoms with Crippen molar-refractivity contribution in [3.8, 4) is 0 Å². The van der Waals surface area contributed by atoms with Crippen LogP contribution in [0.3, 0.4) is 0 Å². The third kappa shape index (κ3) is 18.1. The van der Waals surface area contributed by atoms with Crippen molar-refractivity contribution in [1.29, 1.82) is 0 Å². The molecule has 0 aliphatic heterocycles. The fourth-order valence-electron chi connectivity index (χ4n) is 3.70. The smallest absolute Gasteiger partial charge is 0.407 e. The van der Waals surface area contributed by atoms with Crippen LogP contribution in [0, 0.1) is 5.92 Å². The molecule has 0 spiro atoms. The Kier molecular flexibility index (Phi) is 21.1. The first-order valence-electron chi connectivity index (χ1n) is 13.2. The Labute approximate surface area is 192 Å². The van der Waals surface area contributed by atoms with Crippen LogP contribution >= 0.6 is 0 Å². The monoisotopic (exact) mass is 441 g/mol. The molecule has 5 nitrogen and oxygen atoms in total. The standard InChI is InChI=1S/C26H51NO4/c1-5-8-9-10-11-12-13-14-15-16-17-18-19-20-21-22-31-25(28)24(23(4)6-2)27-26(29)30-7-3/h23-24H,5-22H2,1-4H3,(H,27,29). The van der Waals surface area contributed by atoms with E-state index in [0.717, 1.165) is 19.3 Å². The number of nitrogens with one attached hydrogen (secondary N) is 1. The lowest BCUT2D eigenvalue weighted by Crippen LogP contribution is -2.46. The lowest BCUT2D eigenvalue weighted by atomic mass is 9.99. The Bertz CT molecular complexity index is 428. The van der Waals surface area contributed by atoms with E-state index in [1.807, 2.05) is 13.8 Å². The van der Waals surface area contributed by atoms with Crippen molar-refractivity contribution in [2.45, 2.75) is 136 Å². The molecule has 31 heavy (non-hydrogen) atoms. The van der Waals surface area contributed by atoms with E-state index in [2.05, 4.69) is 12.2 Å². The predicted octanol–water partition coefficient (Wildman–Crippen LogP) is 7.56. The third-order valence-corrected chi connectivity index (χ3v) is 6.01. The summed E-state index contributed by atoms with van der Waals surface area (Å²) in [6.07, 6.45) is 19.9. The molecule has 0 saturated carbocycles. The highest BCUT2D eigenvalue weighted by Crippen LogP contribution is 2.14. The maximum atomic E-state index is 12.3. The number of ether oxygens (including phenoxy) is 2. The maximum absolute atomic E-state index is 12.3. The van der Waals surface area contributed by atoms with Crippen molar-refractivity contribution in [1.82, 2.24) is 5.32 Å². The highest BCUT2D eigenvalue weighted by atomic mass is 16.6. The number of carbonyl (C=O) groups is 2. The van der Waals surface area contributed by atoms with Gasteiger partial charge in [-0.1, -0.05) is 117 Å². The lowest BCUT2D eigenvalue weighted by molar-refractivity contribution is -0.147. The summed E-state index contributed by atoms with van der Waals surface area (Å²) < 4.78 is 10.3. The molecular formula is C26H51NO4. The molecule has 0 radical (unpaired) electrons. The third-order valence-electron chi connectivity index (χ3n) is 6.01. The quantitative estimate of drug-likeness (QED) is 0.147. The van der Waals surface area contributed by atoms with E-state index in [4.69, 9.17) is 9.47 Å². The Morgan fingerprint density at radius 3 is 1.55 bits per heavy atom. The highest BCUT2D eigenvalue weighted by Gasteiger charge is 2.27. The van der Waals surface area contributed by atoms with Crippen LogP contribution in [0.25, 0.3) is 0 Å². The average Bonchev–Trinajstić information content (AvgIpc) is 2.76. The van der Waals surface area contributed by atoms with Crippen LogP contribution in [-0.4, -0.2) is 31.3 Å². The largest absolute Gasteiger partial charge is 0.464 e. The normalized spacial score (nSPS) is 12.9. The zero-order valence-electron chi connectivity index (χ0n) is 21.0. The van der Waals surface area contributed by atoms with E-state index in [0.29, 0.717) is 6.61 Å². The number of rotatable bonds is 21. The van der Waals surface area contributed by atoms with Crippen molar-refractivity contribution >= 4 is 12.1 Å². The Morgan fingerprint density at radius 2 is 1.13 bits per heavy atom. The Balaban J connectivity index is 3.61. The summed E-state index contributed by atoms with van der Waals surface area (Å²) in [4.78, 5) is 24.0. The fraction of sp³-hybridized carbons (Fsp3) is 0.923. The van der Waals surface area contributed by atoms with Crippen molar-refractivity contribution in [2.24, 2.45) is 5.92 Å². The van der Waals surface area contributed by atoms with Crippen LogP contribution in [0.4, 0.5) is 4.79 Å². The molecule has 0 aromatic heterocycles. The molecule has 5 heteroatoms. The molecule has 0 bridgehead atoms. The maximum Gasteiger partial charge on any atom is 0.407 e. The molecule has 0 aliphatic rings. The lowest BCUT2D eigenvalue weighted by Gasteiger charge is -2.22. The number of carbonyl (C=O) groups excluding carboxylic acids is 2. The summed E-state index contributed by atoms with van der Waals surface area (Å²) in [7, 11) is 0. The molecule has 0 aromatic carbocycles. The van der Waals surface area contributed by atoms with Gasteiger partial charge in [0.25, 0.3) is 0 Å². The van der Waals surface area contributed by atoms with E-state index in [9.17, 15) is 9.59 Å². The van der Waals surface area contributed by atoms with Gasteiger partial charge in [-0.2, -0.15) is 0 Å². The molecule has 184 valence electrons. The minimum Gasteiger partial charge on any atom is -0.464 e. The summed E-state index contributed by atoms with van der Waals surface area (Å²) in [6, 6.07) is -0.639. The van der Waals surface area contributed by atoms with Crippen molar-refractivity contribution < 1.29 is 19.1 Å². The average molecular weight is 442 g/mol. The molecule has 0 fully saturated rings. The van der Waals surface area contributed by atoms with Crippen molar-refractivity contribution in [2.75, 3.05) is 13.2 Å². The molecular weight excluding hydrogens is 390 g/mol. The Morgan fingerprint density at radius 1 is 0.677 bits per heavy atom. The van der Waals surface area contributed by atoms with Crippen molar-refractivity contribution in [3.05, 3.63) is 0 Å². The molecule has 1 amide bonds. The molecule has 0 saturated heterocycles. The summed E-state index contributed by atoms with van der Waals surface area (Å²) in [5.74, 6) is -0.342. The van der Waals surface area contributed by atoms with Gasteiger partial charge in [0, 0.05) is 0 Å². The van der Waals surface area contributed by atoms with Gasteiger partial charge in [0.05, 0.1) is 13.2 Å². The van der Waals surface area contributed by atoms with Gasteiger partial charge in [-0.15, -0.1) is 0 Å². The molecule has 0 heterocycles. The highest BCUT2D eigenvalue weighted by molar-refractivity contribution is 5.81. The van der Waals surface area contributed by atoms with E-state index in [-0.39, 0.29) is 18.5 Å². The van der Waals surface area contributed by atoms with Crippen LogP contribution in [0.1, 0.15) is 130 Å². The van der Waals surface area contributed by atoms with Crippen LogP contribution in [0.5, 0.6) is 0 Å². The topological polar surface area (TPSA) is 64.6 Å². The van der Waals surface area contributed by atoms with Gasteiger partial charge >= 0.3 is 12.1 Å². The first-order chi connectivity index (χ1) is 15.1. The number of amides is 1. The van der Waals surface area contributed by atoms with Gasteiger partial charge in [0.2, 0.25) is 0 Å².